The lowest BCUT2D eigenvalue weighted by molar-refractivity contribution is 0.166. The zero-order valence-electron chi connectivity index (χ0n) is 10.3. The first-order chi connectivity index (χ1) is 7.62. The van der Waals surface area contributed by atoms with Crippen LogP contribution in [0.5, 0.6) is 0 Å². The molecular weight excluding hydrogens is 220 g/mol. The van der Waals surface area contributed by atoms with Crippen LogP contribution in [-0.4, -0.2) is 33.7 Å². The minimum atomic E-state index is 0.323. The van der Waals surface area contributed by atoms with E-state index < -0.39 is 0 Å². The molecule has 2 rings (SSSR count). The number of nitrogens with one attached hydrogen (secondary N) is 1. The third-order valence-electron chi connectivity index (χ3n) is 3.19. The summed E-state index contributed by atoms with van der Waals surface area (Å²) >= 11 is 1.67. The largest absolute Gasteiger partial charge is 0.360 e. The molecule has 2 heterocycles. The molecule has 1 aliphatic rings. The van der Waals surface area contributed by atoms with Gasteiger partial charge in [-0.25, -0.2) is 0 Å². The van der Waals surface area contributed by atoms with Gasteiger partial charge >= 0.3 is 0 Å². The van der Waals surface area contributed by atoms with Crippen molar-refractivity contribution in [2.75, 3.05) is 18.4 Å². The van der Waals surface area contributed by atoms with Gasteiger partial charge in [-0.05, 0) is 40.2 Å². The summed E-state index contributed by atoms with van der Waals surface area (Å²) in [6.45, 7) is 9.73. The molecule has 4 nitrogen and oxygen atoms in total. The molecule has 0 bridgehead atoms. The first-order valence-corrected chi connectivity index (χ1v) is 6.75. The predicted molar refractivity (Wildman–Crippen MR) is 67.8 cm³/mol. The van der Waals surface area contributed by atoms with Crippen LogP contribution in [0.25, 0.3) is 0 Å². The molecule has 0 aromatic carbocycles. The Labute approximate surface area is 101 Å². The lowest BCUT2D eigenvalue weighted by Crippen LogP contribution is -2.37. The number of hydrogen-bond acceptors (Lipinski definition) is 5. The fourth-order valence-electron chi connectivity index (χ4n) is 2.16. The van der Waals surface area contributed by atoms with Gasteiger partial charge in [0.05, 0.1) is 6.54 Å². The van der Waals surface area contributed by atoms with Gasteiger partial charge in [0.25, 0.3) is 0 Å². The average Bonchev–Trinajstić information content (AvgIpc) is 2.76. The molecule has 16 heavy (non-hydrogen) atoms. The van der Waals surface area contributed by atoms with E-state index in [0.717, 1.165) is 23.2 Å². The van der Waals surface area contributed by atoms with Crippen LogP contribution in [0.4, 0.5) is 5.13 Å². The Kier molecular flexibility index (Phi) is 3.44. The summed E-state index contributed by atoms with van der Waals surface area (Å²) in [5, 5.41) is 13.6. The summed E-state index contributed by atoms with van der Waals surface area (Å²) in [5.41, 5.74) is 0.323. The number of nitrogens with zero attached hydrogens (tertiary/aromatic N) is 3. The average molecular weight is 240 g/mol. The van der Waals surface area contributed by atoms with Crippen LogP contribution in [0.2, 0.25) is 0 Å². The zero-order valence-corrected chi connectivity index (χ0v) is 11.1. The van der Waals surface area contributed by atoms with Gasteiger partial charge < -0.3 is 5.32 Å². The molecule has 1 aromatic rings. The van der Waals surface area contributed by atoms with Crippen molar-refractivity contribution in [2.24, 2.45) is 0 Å². The molecule has 1 aliphatic heterocycles. The van der Waals surface area contributed by atoms with Gasteiger partial charge in [0.15, 0.2) is 0 Å². The van der Waals surface area contributed by atoms with Crippen LogP contribution in [0.3, 0.4) is 0 Å². The van der Waals surface area contributed by atoms with Crippen molar-refractivity contribution >= 4 is 16.5 Å². The number of rotatable bonds is 4. The summed E-state index contributed by atoms with van der Waals surface area (Å²) in [7, 11) is 0. The van der Waals surface area contributed by atoms with Gasteiger partial charge in [0.1, 0.15) is 5.01 Å². The highest BCUT2D eigenvalue weighted by atomic mass is 32.1. The predicted octanol–water partition coefficient (Wildman–Crippen LogP) is 2.34. The molecule has 1 saturated heterocycles. The normalized spacial score (nSPS) is 20.2. The van der Waals surface area contributed by atoms with Gasteiger partial charge in [-0.1, -0.05) is 11.3 Å². The summed E-state index contributed by atoms with van der Waals surface area (Å²) < 4.78 is 0. The quantitative estimate of drug-likeness (QED) is 0.877. The molecule has 5 heteroatoms. The molecule has 0 aliphatic carbocycles. The maximum atomic E-state index is 4.23. The molecule has 0 unspecified atom stereocenters. The molecule has 0 spiro atoms. The van der Waals surface area contributed by atoms with Gasteiger partial charge in [-0.3, -0.25) is 4.90 Å². The second kappa shape index (κ2) is 4.67. The minimum Gasteiger partial charge on any atom is -0.360 e. The molecule has 1 N–H and O–H groups in total. The molecule has 1 fully saturated rings. The lowest BCUT2D eigenvalue weighted by atomic mass is 10.0. The van der Waals surface area contributed by atoms with E-state index in [9.17, 15) is 0 Å². The van der Waals surface area contributed by atoms with E-state index in [1.54, 1.807) is 11.3 Å². The van der Waals surface area contributed by atoms with Crippen molar-refractivity contribution < 1.29 is 0 Å². The topological polar surface area (TPSA) is 41.1 Å². The summed E-state index contributed by atoms with van der Waals surface area (Å²) in [6, 6.07) is 0. The van der Waals surface area contributed by atoms with Crippen LogP contribution in [-0.2, 0) is 6.54 Å². The highest BCUT2D eigenvalue weighted by Crippen LogP contribution is 2.30. The molecule has 90 valence electrons. The van der Waals surface area contributed by atoms with Crippen molar-refractivity contribution in [1.82, 2.24) is 15.1 Å². The zero-order chi connectivity index (χ0) is 11.6. The number of hydrogen-bond donors (Lipinski definition) is 1. The lowest BCUT2D eigenvalue weighted by Gasteiger charge is -2.30. The van der Waals surface area contributed by atoms with Crippen LogP contribution in [0.1, 0.15) is 38.6 Å². The standard InChI is InChI=1S/C11H20N4S/c1-4-12-10-14-13-9(16-10)8-15-7-5-6-11(15,2)3/h4-8H2,1-3H3,(H,12,14). The van der Waals surface area contributed by atoms with Crippen LogP contribution in [0.15, 0.2) is 0 Å². The SMILES string of the molecule is CCNc1nnc(CN2CCCC2(C)C)s1. The highest BCUT2D eigenvalue weighted by Gasteiger charge is 2.32. The van der Waals surface area contributed by atoms with E-state index >= 15 is 0 Å². The number of likely N-dealkylation sites (tertiary alicyclic amines) is 1. The Morgan fingerprint density at radius 1 is 1.44 bits per heavy atom. The van der Waals surface area contributed by atoms with Crippen molar-refractivity contribution in [2.45, 2.75) is 45.7 Å². The third kappa shape index (κ3) is 2.52. The Hall–Kier alpha value is -0.680. The highest BCUT2D eigenvalue weighted by molar-refractivity contribution is 7.15. The van der Waals surface area contributed by atoms with Crippen molar-refractivity contribution in [3.63, 3.8) is 0 Å². The molecule has 0 amide bonds. The number of anilines is 1. The first kappa shape index (κ1) is 11.8. The van der Waals surface area contributed by atoms with Gasteiger partial charge in [-0.2, -0.15) is 0 Å². The fourth-order valence-corrected chi connectivity index (χ4v) is 2.98. The van der Waals surface area contributed by atoms with E-state index in [2.05, 4.69) is 41.2 Å². The van der Waals surface area contributed by atoms with Crippen LogP contribution >= 0.6 is 11.3 Å². The van der Waals surface area contributed by atoms with E-state index in [-0.39, 0.29) is 0 Å². The Balaban J connectivity index is 1.98. The van der Waals surface area contributed by atoms with Gasteiger partial charge in [0, 0.05) is 12.1 Å². The number of aromatic nitrogens is 2. The second-order valence-electron chi connectivity index (χ2n) is 4.87. The maximum absolute atomic E-state index is 4.23. The Morgan fingerprint density at radius 3 is 2.88 bits per heavy atom. The van der Waals surface area contributed by atoms with Crippen LogP contribution in [0, 0.1) is 0 Å². The molecule has 0 radical (unpaired) electrons. The van der Waals surface area contributed by atoms with Crippen LogP contribution < -0.4 is 5.32 Å². The van der Waals surface area contributed by atoms with Gasteiger partial charge in [-0.15, -0.1) is 10.2 Å². The van der Waals surface area contributed by atoms with Crippen molar-refractivity contribution in [3.8, 4) is 0 Å². The molecule has 0 saturated carbocycles. The van der Waals surface area contributed by atoms with Crippen molar-refractivity contribution in [3.05, 3.63) is 5.01 Å². The minimum absolute atomic E-state index is 0.323. The first-order valence-electron chi connectivity index (χ1n) is 5.93. The van der Waals surface area contributed by atoms with E-state index in [1.807, 2.05) is 0 Å². The van der Waals surface area contributed by atoms with E-state index in [4.69, 9.17) is 0 Å². The van der Waals surface area contributed by atoms with Gasteiger partial charge in [0.2, 0.25) is 5.13 Å². The summed E-state index contributed by atoms with van der Waals surface area (Å²) in [6.07, 6.45) is 2.58. The monoisotopic (exact) mass is 240 g/mol. The molecule has 0 atom stereocenters. The Morgan fingerprint density at radius 2 is 2.25 bits per heavy atom. The maximum Gasteiger partial charge on any atom is 0.205 e. The molecular formula is C11H20N4S. The second-order valence-corrected chi connectivity index (χ2v) is 5.93. The molecule has 1 aromatic heterocycles. The summed E-state index contributed by atoms with van der Waals surface area (Å²) in [4.78, 5) is 2.50. The fraction of sp³-hybridized carbons (Fsp3) is 0.818. The Bertz CT molecular complexity index is 348. The third-order valence-corrected chi connectivity index (χ3v) is 4.06. The smallest absolute Gasteiger partial charge is 0.205 e. The van der Waals surface area contributed by atoms with E-state index in [0.29, 0.717) is 5.54 Å². The summed E-state index contributed by atoms with van der Waals surface area (Å²) in [5.74, 6) is 0. The van der Waals surface area contributed by atoms with E-state index in [1.165, 1.54) is 19.4 Å². The van der Waals surface area contributed by atoms with Crippen molar-refractivity contribution in [1.29, 1.82) is 0 Å².